The van der Waals surface area contributed by atoms with Crippen LogP contribution in [0.4, 0.5) is 0 Å². The van der Waals surface area contributed by atoms with E-state index in [9.17, 15) is 0 Å². The molecule has 0 spiro atoms. The quantitative estimate of drug-likeness (QED) is 0.869. The largest absolute Gasteiger partial charge is 0.330 e. The lowest BCUT2D eigenvalue weighted by atomic mass is 9.69. The van der Waals surface area contributed by atoms with Gasteiger partial charge in [-0.1, -0.05) is 52.2 Å². The van der Waals surface area contributed by atoms with Gasteiger partial charge in [0.1, 0.15) is 0 Å². The Morgan fingerprint density at radius 1 is 1.19 bits per heavy atom. The Balaban J connectivity index is 2.16. The third-order valence-electron chi connectivity index (χ3n) is 4.83. The molecule has 1 aliphatic carbocycles. The molecule has 2 aromatic rings. The van der Waals surface area contributed by atoms with Crippen molar-refractivity contribution in [2.24, 2.45) is 5.73 Å². The molecule has 3 rings (SSSR count). The maximum absolute atomic E-state index is 6.23. The summed E-state index contributed by atoms with van der Waals surface area (Å²) in [4.78, 5) is 5.02. The number of hydrogen-bond acceptors (Lipinski definition) is 3. The highest BCUT2D eigenvalue weighted by Gasteiger charge is 2.35. The van der Waals surface area contributed by atoms with Crippen LogP contribution in [0.25, 0.3) is 10.2 Å². The zero-order valence-electron chi connectivity index (χ0n) is 13.4. The number of benzene rings is 1. The van der Waals surface area contributed by atoms with E-state index in [0.29, 0.717) is 0 Å². The first-order chi connectivity index (χ1) is 9.96. The molecule has 114 valence electrons. The standard InChI is InChI=1S/C18H26N2S/c1-17(2,3)16-20-15-13(8-7-9-14(15)21-16)18(12-19)10-5-4-6-11-18/h7-9H,4-6,10-12,19H2,1-3H3. The van der Waals surface area contributed by atoms with Crippen molar-refractivity contribution in [1.82, 2.24) is 4.98 Å². The molecule has 3 heteroatoms. The summed E-state index contributed by atoms with van der Waals surface area (Å²) in [6.45, 7) is 7.46. The number of rotatable bonds is 2. The van der Waals surface area contributed by atoms with Crippen LogP contribution in [0.1, 0.15) is 63.4 Å². The van der Waals surface area contributed by atoms with Gasteiger partial charge in [0.05, 0.1) is 15.2 Å². The van der Waals surface area contributed by atoms with E-state index in [1.807, 2.05) is 11.3 Å². The molecule has 0 unspecified atom stereocenters. The molecule has 2 N–H and O–H groups in total. The Kier molecular flexibility index (Phi) is 3.83. The number of hydrogen-bond donors (Lipinski definition) is 1. The van der Waals surface area contributed by atoms with Crippen LogP contribution in [0.2, 0.25) is 0 Å². The third-order valence-corrected chi connectivity index (χ3v) is 6.28. The molecule has 0 bridgehead atoms. The van der Waals surface area contributed by atoms with Gasteiger partial charge in [-0.05, 0) is 24.5 Å². The van der Waals surface area contributed by atoms with Crippen molar-refractivity contribution < 1.29 is 0 Å². The molecular formula is C18H26N2S. The highest BCUT2D eigenvalue weighted by atomic mass is 32.1. The smallest absolute Gasteiger partial charge is 0.0992 e. The van der Waals surface area contributed by atoms with Crippen molar-refractivity contribution in [2.75, 3.05) is 6.54 Å². The van der Waals surface area contributed by atoms with Crippen molar-refractivity contribution in [3.8, 4) is 0 Å². The minimum atomic E-state index is 0.114. The maximum atomic E-state index is 6.23. The summed E-state index contributed by atoms with van der Waals surface area (Å²) in [5, 5.41) is 1.23. The number of fused-ring (bicyclic) bond motifs is 1. The van der Waals surface area contributed by atoms with Crippen LogP contribution in [0.3, 0.4) is 0 Å². The van der Waals surface area contributed by atoms with Gasteiger partial charge in [-0.3, -0.25) is 0 Å². The number of para-hydroxylation sites is 1. The molecule has 0 amide bonds. The maximum Gasteiger partial charge on any atom is 0.0992 e. The Morgan fingerprint density at radius 3 is 2.52 bits per heavy atom. The SMILES string of the molecule is CC(C)(C)c1nc2c(C3(CN)CCCCC3)cccc2s1. The molecule has 0 aliphatic heterocycles. The van der Waals surface area contributed by atoms with Gasteiger partial charge in [0.2, 0.25) is 0 Å². The van der Waals surface area contributed by atoms with Crippen LogP contribution in [0.5, 0.6) is 0 Å². The van der Waals surface area contributed by atoms with Crippen LogP contribution in [-0.2, 0) is 10.8 Å². The van der Waals surface area contributed by atoms with E-state index in [1.54, 1.807) is 0 Å². The second kappa shape index (κ2) is 5.36. The lowest BCUT2D eigenvalue weighted by Crippen LogP contribution is -2.37. The van der Waals surface area contributed by atoms with Gasteiger partial charge in [-0.15, -0.1) is 11.3 Å². The van der Waals surface area contributed by atoms with Gasteiger partial charge in [0.25, 0.3) is 0 Å². The fourth-order valence-corrected chi connectivity index (χ4v) is 4.56. The van der Waals surface area contributed by atoms with E-state index < -0.39 is 0 Å². The summed E-state index contributed by atoms with van der Waals surface area (Å²) in [6, 6.07) is 6.67. The van der Waals surface area contributed by atoms with Crippen molar-refractivity contribution >= 4 is 21.6 Å². The zero-order valence-corrected chi connectivity index (χ0v) is 14.2. The molecule has 0 radical (unpaired) electrons. The van der Waals surface area contributed by atoms with E-state index in [-0.39, 0.29) is 10.8 Å². The molecule has 0 atom stereocenters. The summed E-state index contributed by atoms with van der Waals surface area (Å²) in [7, 11) is 0. The highest BCUT2D eigenvalue weighted by Crippen LogP contribution is 2.43. The van der Waals surface area contributed by atoms with Crippen LogP contribution in [-0.4, -0.2) is 11.5 Å². The number of aromatic nitrogens is 1. The minimum Gasteiger partial charge on any atom is -0.330 e. The summed E-state index contributed by atoms with van der Waals surface area (Å²) in [5.74, 6) is 0. The van der Waals surface area contributed by atoms with Gasteiger partial charge in [0.15, 0.2) is 0 Å². The molecule has 1 saturated carbocycles. The van der Waals surface area contributed by atoms with Crippen LogP contribution < -0.4 is 5.73 Å². The van der Waals surface area contributed by atoms with E-state index >= 15 is 0 Å². The molecule has 21 heavy (non-hydrogen) atoms. The van der Waals surface area contributed by atoms with E-state index in [1.165, 1.54) is 52.9 Å². The van der Waals surface area contributed by atoms with E-state index in [2.05, 4.69) is 39.0 Å². The zero-order chi connectivity index (χ0) is 15.1. The Hall–Kier alpha value is -0.930. The van der Waals surface area contributed by atoms with Gasteiger partial charge in [-0.25, -0.2) is 4.98 Å². The third kappa shape index (κ3) is 2.62. The predicted molar refractivity (Wildman–Crippen MR) is 92.1 cm³/mol. The average molecular weight is 302 g/mol. The van der Waals surface area contributed by atoms with E-state index in [4.69, 9.17) is 10.7 Å². The Labute approximate surface area is 131 Å². The first-order valence-corrected chi connectivity index (χ1v) is 8.88. The topological polar surface area (TPSA) is 38.9 Å². The molecule has 1 aliphatic rings. The van der Waals surface area contributed by atoms with Gasteiger partial charge in [0, 0.05) is 17.4 Å². The fraction of sp³-hybridized carbons (Fsp3) is 0.611. The summed E-state index contributed by atoms with van der Waals surface area (Å²) < 4.78 is 1.32. The normalized spacial score (nSPS) is 19.0. The van der Waals surface area contributed by atoms with Crippen molar-refractivity contribution in [3.63, 3.8) is 0 Å². The molecule has 1 fully saturated rings. The number of nitrogens with two attached hydrogens (primary N) is 1. The summed E-state index contributed by atoms with van der Waals surface area (Å²) in [5.41, 5.74) is 9.10. The fourth-order valence-electron chi connectivity index (χ4n) is 3.51. The monoisotopic (exact) mass is 302 g/mol. The van der Waals surface area contributed by atoms with Crippen molar-refractivity contribution in [1.29, 1.82) is 0 Å². The van der Waals surface area contributed by atoms with Gasteiger partial charge < -0.3 is 5.73 Å². The van der Waals surface area contributed by atoms with Crippen molar-refractivity contribution in [3.05, 3.63) is 28.8 Å². The van der Waals surface area contributed by atoms with Crippen LogP contribution in [0, 0.1) is 0 Å². The van der Waals surface area contributed by atoms with Crippen molar-refractivity contribution in [2.45, 2.75) is 63.7 Å². The Morgan fingerprint density at radius 2 is 1.90 bits per heavy atom. The van der Waals surface area contributed by atoms with Gasteiger partial charge in [-0.2, -0.15) is 0 Å². The summed E-state index contributed by atoms with van der Waals surface area (Å²) >= 11 is 1.84. The second-order valence-corrected chi connectivity index (χ2v) is 8.50. The van der Waals surface area contributed by atoms with Gasteiger partial charge >= 0.3 is 0 Å². The molecule has 0 saturated heterocycles. The molecular weight excluding hydrogens is 276 g/mol. The molecule has 1 aromatic carbocycles. The summed E-state index contributed by atoms with van der Waals surface area (Å²) in [6.07, 6.45) is 6.37. The predicted octanol–water partition coefficient (Wildman–Crippen LogP) is 4.75. The van der Waals surface area contributed by atoms with E-state index in [0.717, 1.165) is 6.54 Å². The number of thiazole rings is 1. The molecule has 1 heterocycles. The first kappa shape index (κ1) is 15.0. The first-order valence-electron chi connectivity index (χ1n) is 8.07. The lowest BCUT2D eigenvalue weighted by molar-refractivity contribution is 0.302. The molecule has 2 nitrogen and oxygen atoms in total. The Bertz CT molecular complexity index is 630. The highest BCUT2D eigenvalue weighted by molar-refractivity contribution is 7.18. The molecule has 1 aromatic heterocycles. The van der Waals surface area contributed by atoms with Crippen LogP contribution >= 0.6 is 11.3 Å². The second-order valence-electron chi connectivity index (χ2n) is 7.47. The number of nitrogens with zero attached hydrogens (tertiary/aromatic N) is 1. The lowest BCUT2D eigenvalue weighted by Gasteiger charge is -2.37. The average Bonchev–Trinajstić information content (AvgIpc) is 2.92. The minimum absolute atomic E-state index is 0.114. The van der Waals surface area contributed by atoms with Crippen LogP contribution in [0.15, 0.2) is 18.2 Å².